The number of rotatable bonds is 6. The van der Waals surface area contributed by atoms with Crippen molar-refractivity contribution >= 4 is 20.2 Å². The maximum atomic E-state index is 11.9. The zero-order valence-corrected chi connectivity index (χ0v) is 15.0. The van der Waals surface area contributed by atoms with Crippen molar-refractivity contribution in [3.05, 3.63) is 0 Å². The van der Waals surface area contributed by atoms with Crippen LogP contribution in [0.25, 0.3) is 0 Å². The summed E-state index contributed by atoms with van der Waals surface area (Å²) in [5.41, 5.74) is 0. The van der Waals surface area contributed by atoms with Crippen molar-refractivity contribution in [3.63, 3.8) is 0 Å². The van der Waals surface area contributed by atoms with Gasteiger partial charge in [-0.15, -0.1) is 0 Å². The molecule has 1 N–H and O–H groups in total. The summed E-state index contributed by atoms with van der Waals surface area (Å²) in [6.07, 6.45) is 0.263. The van der Waals surface area contributed by atoms with Crippen LogP contribution in [0.2, 0.25) is 18.1 Å². The van der Waals surface area contributed by atoms with E-state index < -0.39 is 20.3 Å². The summed E-state index contributed by atoms with van der Waals surface area (Å²) in [6, 6.07) is -0.753. The van der Waals surface area contributed by atoms with Gasteiger partial charge in [0.05, 0.1) is 13.2 Å². The Morgan fingerprint density at radius 2 is 1.75 bits per heavy atom. The van der Waals surface area contributed by atoms with E-state index in [4.69, 9.17) is 9.16 Å². The zero-order chi connectivity index (χ0) is 16.1. The van der Waals surface area contributed by atoms with Crippen LogP contribution in [0.4, 0.5) is 0 Å². The first kappa shape index (κ1) is 19.1. The minimum atomic E-state index is -2.02. The molecule has 0 spiro atoms. The van der Waals surface area contributed by atoms with Crippen LogP contribution in [0, 0.1) is 0 Å². The van der Waals surface area contributed by atoms with Gasteiger partial charge in [-0.1, -0.05) is 27.7 Å². The Morgan fingerprint density at radius 3 is 2.05 bits per heavy atom. The van der Waals surface area contributed by atoms with E-state index in [1.54, 1.807) is 0 Å². The molecule has 0 unspecified atom stereocenters. The number of ether oxygens (including phenoxy) is 1. The Hall–Kier alpha value is -0.883. The molecule has 1 amide bonds. The van der Waals surface area contributed by atoms with E-state index in [0.29, 0.717) is 6.42 Å². The van der Waals surface area contributed by atoms with Crippen LogP contribution < -0.4 is 5.32 Å². The monoisotopic (exact) mass is 303 g/mol. The van der Waals surface area contributed by atoms with Crippen molar-refractivity contribution in [2.75, 3.05) is 7.11 Å². The standard InChI is InChI=1S/C14H29NO4Si/c1-9-11(19-20(7,8)14(3,4)5)12(13(17)18-6)15-10(2)16/h11-12H,9H2,1-8H3,(H,15,16)/t11-,12-/m0/s1. The van der Waals surface area contributed by atoms with Crippen molar-refractivity contribution in [2.45, 2.75) is 71.3 Å². The number of amides is 1. The number of nitrogens with one attached hydrogen (secondary N) is 1. The normalized spacial score (nSPS) is 15.4. The molecule has 0 aromatic carbocycles. The van der Waals surface area contributed by atoms with Crippen LogP contribution in [0.3, 0.4) is 0 Å². The molecular weight excluding hydrogens is 274 g/mol. The summed E-state index contributed by atoms with van der Waals surface area (Å²) in [6.45, 7) is 14.0. The molecule has 0 saturated heterocycles. The lowest BCUT2D eigenvalue weighted by molar-refractivity contribution is -0.147. The minimum absolute atomic E-state index is 0.0390. The van der Waals surface area contributed by atoms with Crippen molar-refractivity contribution < 1.29 is 18.8 Å². The molecule has 0 aromatic rings. The van der Waals surface area contributed by atoms with Crippen LogP contribution in [0.15, 0.2) is 0 Å². The fourth-order valence-electron chi connectivity index (χ4n) is 1.59. The Balaban J connectivity index is 5.19. The predicted octanol–water partition coefficient (Wildman–Crippen LogP) is 2.46. The third kappa shape index (κ3) is 5.24. The Morgan fingerprint density at radius 1 is 1.25 bits per heavy atom. The van der Waals surface area contributed by atoms with Crippen LogP contribution in [-0.2, 0) is 18.8 Å². The van der Waals surface area contributed by atoms with Crippen LogP contribution in [0.1, 0.15) is 41.0 Å². The van der Waals surface area contributed by atoms with Gasteiger partial charge in [-0.2, -0.15) is 0 Å². The average Bonchev–Trinajstić information content (AvgIpc) is 2.30. The van der Waals surface area contributed by atoms with Crippen molar-refractivity contribution in [2.24, 2.45) is 0 Å². The van der Waals surface area contributed by atoms with Gasteiger partial charge in [0.2, 0.25) is 5.91 Å². The van der Waals surface area contributed by atoms with E-state index in [9.17, 15) is 9.59 Å². The molecule has 0 rings (SSSR count). The second-order valence-corrected chi connectivity index (χ2v) is 11.3. The first-order valence-electron chi connectivity index (χ1n) is 6.99. The van der Waals surface area contributed by atoms with Gasteiger partial charge in [-0.05, 0) is 24.6 Å². The Kier molecular flexibility index (Phi) is 6.90. The number of esters is 1. The first-order chi connectivity index (χ1) is 8.96. The van der Waals surface area contributed by atoms with Gasteiger partial charge in [0, 0.05) is 6.92 Å². The lowest BCUT2D eigenvalue weighted by Gasteiger charge is -2.40. The Bertz CT molecular complexity index is 350. The molecule has 6 heteroatoms. The Labute approximate surface area is 123 Å². The highest BCUT2D eigenvalue weighted by Crippen LogP contribution is 2.38. The number of carbonyl (C=O) groups excluding carboxylic acids is 2. The molecule has 20 heavy (non-hydrogen) atoms. The summed E-state index contributed by atoms with van der Waals surface area (Å²) >= 11 is 0. The second-order valence-electron chi connectivity index (χ2n) is 6.53. The SMILES string of the molecule is CC[C@H](O[Si](C)(C)C(C)(C)C)[C@H](NC(C)=O)C(=O)OC. The van der Waals surface area contributed by atoms with Crippen LogP contribution in [0.5, 0.6) is 0 Å². The quantitative estimate of drug-likeness (QED) is 0.605. The predicted molar refractivity (Wildman–Crippen MR) is 82.0 cm³/mol. The van der Waals surface area contributed by atoms with Gasteiger partial charge < -0.3 is 14.5 Å². The maximum Gasteiger partial charge on any atom is 0.331 e. The molecule has 0 aliphatic heterocycles. The molecule has 0 saturated carbocycles. The van der Waals surface area contributed by atoms with Crippen molar-refractivity contribution in [1.29, 1.82) is 0 Å². The van der Waals surface area contributed by atoms with E-state index >= 15 is 0 Å². The molecule has 0 aliphatic carbocycles. The molecule has 0 fully saturated rings. The summed E-state index contributed by atoms with van der Waals surface area (Å²) in [4.78, 5) is 23.2. The van der Waals surface area contributed by atoms with E-state index in [1.807, 2.05) is 6.92 Å². The van der Waals surface area contributed by atoms with Gasteiger partial charge in [0.1, 0.15) is 0 Å². The lowest BCUT2D eigenvalue weighted by Crippen LogP contribution is -2.54. The maximum absolute atomic E-state index is 11.9. The van der Waals surface area contributed by atoms with Crippen molar-refractivity contribution in [3.8, 4) is 0 Å². The van der Waals surface area contributed by atoms with Gasteiger partial charge in [0.15, 0.2) is 14.4 Å². The molecule has 0 heterocycles. The summed E-state index contributed by atoms with van der Waals surface area (Å²) in [5.74, 6) is -0.733. The van der Waals surface area contributed by atoms with E-state index in [0.717, 1.165) is 0 Å². The smallest absolute Gasteiger partial charge is 0.331 e. The van der Waals surface area contributed by atoms with E-state index in [-0.39, 0.29) is 17.0 Å². The number of methoxy groups -OCH3 is 1. The third-order valence-electron chi connectivity index (χ3n) is 3.84. The molecule has 0 aliphatic rings. The molecule has 0 radical (unpaired) electrons. The molecule has 2 atom stereocenters. The topological polar surface area (TPSA) is 64.6 Å². The summed E-state index contributed by atoms with van der Waals surface area (Å²) in [7, 11) is -0.705. The number of hydrogen-bond acceptors (Lipinski definition) is 4. The molecule has 0 bridgehead atoms. The fraction of sp³-hybridized carbons (Fsp3) is 0.857. The van der Waals surface area contributed by atoms with E-state index in [1.165, 1.54) is 14.0 Å². The lowest BCUT2D eigenvalue weighted by atomic mass is 10.1. The molecular formula is C14H29NO4Si. The van der Waals surface area contributed by atoms with Gasteiger partial charge >= 0.3 is 5.97 Å². The summed E-state index contributed by atoms with van der Waals surface area (Å²) < 4.78 is 11.0. The van der Waals surface area contributed by atoms with Crippen LogP contribution >= 0.6 is 0 Å². The fourth-order valence-corrected chi connectivity index (χ4v) is 3.01. The van der Waals surface area contributed by atoms with Crippen LogP contribution in [-0.4, -0.2) is 39.4 Å². The third-order valence-corrected chi connectivity index (χ3v) is 8.34. The van der Waals surface area contributed by atoms with Gasteiger partial charge in [0.25, 0.3) is 0 Å². The second kappa shape index (κ2) is 7.22. The summed E-state index contributed by atoms with van der Waals surface area (Å²) in [5, 5.41) is 2.68. The minimum Gasteiger partial charge on any atom is -0.467 e. The zero-order valence-electron chi connectivity index (χ0n) is 14.0. The molecule has 0 aromatic heterocycles. The largest absolute Gasteiger partial charge is 0.467 e. The molecule has 5 nitrogen and oxygen atoms in total. The molecule has 118 valence electrons. The number of carbonyl (C=O) groups is 2. The van der Waals surface area contributed by atoms with Gasteiger partial charge in [-0.3, -0.25) is 4.79 Å². The highest BCUT2D eigenvalue weighted by Gasteiger charge is 2.42. The van der Waals surface area contributed by atoms with E-state index in [2.05, 4.69) is 39.2 Å². The van der Waals surface area contributed by atoms with Gasteiger partial charge in [-0.25, -0.2) is 4.79 Å². The first-order valence-corrected chi connectivity index (χ1v) is 9.89. The number of hydrogen-bond donors (Lipinski definition) is 1. The highest BCUT2D eigenvalue weighted by atomic mass is 28.4. The average molecular weight is 303 g/mol. The van der Waals surface area contributed by atoms with Crippen molar-refractivity contribution in [1.82, 2.24) is 5.32 Å². The highest BCUT2D eigenvalue weighted by molar-refractivity contribution is 6.74.